The molecule has 0 spiro atoms. The van der Waals surface area contributed by atoms with Crippen LogP contribution in [-0.4, -0.2) is 16.0 Å². The van der Waals surface area contributed by atoms with Gasteiger partial charge in [-0.05, 0) is 44.0 Å². The highest BCUT2D eigenvalue weighted by Crippen LogP contribution is 2.23. The standard InChI is InChI=1S/C17H21FN4/c1-12-19-16(21-14-5-3-2-4-6-14)11-17(20-12)22-15-9-7-13(18)8-10-15/h7-11,14H,2-6H2,1H3,(H2,19,20,21,22). The summed E-state index contributed by atoms with van der Waals surface area (Å²) < 4.78 is 13.0. The van der Waals surface area contributed by atoms with Gasteiger partial charge in [0.15, 0.2) is 0 Å². The summed E-state index contributed by atoms with van der Waals surface area (Å²) in [6.07, 6.45) is 6.29. The molecule has 1 aromatic carbocycles. The molecule has 0 amide bonds. The summed E-state index contributed by atoms with van der Waals surface area (Å²) in [5.41, 5.74) is 0.808. The average molecular weight is 300 g/mol. The van der Waals surface area contributed by atoms with Crippen LogP contribution in [0.1, 0.15) is 37.9 Å². The van der Waals surface area contributed by atoms with Gasteiger partial charge in [-0.1, -0.05) is 19.3 Å². The van der Waals surface area contributed by atoms with Crippen molar-refractivity contribution in [3.8, 4) is 0 Å². The monoisotopic (exact) mass is 300 g/mol. The minimum Gasteiger partial charge on any atom is -0.367 e. The Bertz CT molecular complexity index is 621. The van der Waals surface area contributed by atoms with Crippen molar-refractivity contribution in [2.24, 2.45) is 0 Å². The van der Waals surface area contributed by atoms with E-state index in [1.165, 1.54) is 44.2 Å². The molecule has 4 nitrogen and oxygen atoms in total. The number of rotatable bonds is 4. The molecule has 1 fully saturated rings. The second kappa shape index (κ2) is 6.73. The molecule has 0 atom stereocenters. The Morgan fingerprint density at radius 3 is 2.41 bits per heavy atom. The van der Waals surface area contributed by atoms with Crippen molar-refractivity contribution < 1.29 is 4.39 Å². The maximum atomic E-state index is 13.0. The Balaban J connectivity index is 1.72. The number of hydrogen-bond acceptors (Lipinski definition) is 4. The van der Waals surface area contributed by atoms with Crippen LogP contribution >= 0.6 is 0 Å². The smallest absolute Gasteiger partial charge is 0.136 e. The zero-order valence-electron chi connectivity index (χ0n) is 12.8. The molecule has 0 bridgehead atoms. The zero-order valence-corrected chi connectivity index (χ0v) is 12.8. The highest BCUT2D eigenvalue weighted by Gasteiger charge is 2.14. The predicted octanol–water partition coefficient (Wildman–Crippen LogP) is 4.41. The van der Waals surface area contributed by atoms with Gasteiger partial charge >= 0.3 is 0 Å². The summed E-state index contributed by atoms with van der Waals surface area (Å²) in [6, 6.07) is 8.66. The van der Waals surface area contributed by atoms with Crippen molar-refractivity contribution in [2.75, 3.05) is 10.6 Å². The second-order valence-electron chi connectivity index (χ2n) is 5.80. The van der Waals surface area contributed by atoms with Gasteiger partial charge in [0.25, 0.3) is 0 Å². The molecule has 5 heteroatoms. The molecule has 0 saturated heterocycles. The zero-order chi connectivity index (χ0) is 15.4. The Kier molecular flexibility index (Phi) is 4.51. The van der Waals surface area contributed by atoms with Crippen LogP contribution in [-0.2, 0) is 0 Å². The van der Waals surface area contributed by atoms with Gasteiger partial charge in [0.2, 0.25) is 0 Å². The number of benzene rings is 1. The lowest BCUT2D eigenvalue weighted by molar-refractivity contribution is 0.462. The Hall–Kier alpha value is -2.17. The lowest BCUT2D eigenvalue weighted by Crippen LogP contribution is -2.23. The van der Waals surface area contributed by atoms with Crippen molar-refractivity contribution in [3.63, 3.8) is 0 Å². The predicted molar refractivity (Wildman–Crippen MR) is 86.9 cm³/mol. The first-order valence-corrected chi connectivity index (χ1v) is 7.84. The third-order valence-electron chi connectivity index (χ3n) is 3.91. The molecule has 0 unspecified atom stereocenters. The lowest BCUT2D eigenvalue weighted by Gasteiger charge is -2.23. The summed E-state index contributed by atoms with van der Waals surface area (Å²) in [5.74, 6) is 2.04. The van der Waals surface area contributed by atoms with E-state index in [2.05, 4.69) is 20.6 Å². The van der Waals surface area contributed by atoms with Crippen molar-refractivity contribution in [3.05, 3.63) is 42.0 Å². The number of aromatic nitrogens is 2. The van der Waals surface area contributed by atoms with Crippen LogP contribution in [0, 0.1) is 12.7 Å². The van der Waals surface area contributed by atoms with Gasteiger partial charge in [0.1, 0.15) is 23.3 Å². The summed E-state index contributed by atoms with van der Waals surface area (Å²) in [5, 5.41) is 6.70. The van der Waals surface area contributed by atoms with E-state index in [9.17, 15) is 4.39 Å². The quantitative estimate of drug-likeness (QED) is 0.878. The van der Waals surface area contributed by atoms with Crippen molar-refractivity contribution in [1.82, 2.24) is 9.97 Å². The molecule has 1 heterocycles. The number of nitrogens with zero attached hydrogens (tertiary/aromatic N) is 2. The minimum atomic E-state index is -0.246. The van der Waals surface area contributed by atoms with Gasteiger partial charge in [-0.2, -0.15) is 0 Å². The third kappa shape index (κ3) is 3.93. The first-order valence-electron chi connectivity index (χ1n) is 7.84. The molecular formula is C17H21FN4. The van der Waals surface area contributed by atoms with E-state index in [1.807, 2.05) is 13.0 Å². The summed E-state index contributed by atoms with van der Waals surface area (Å²) in [7, 11) is 0. The van der Waals surface area contributed by atoms with Gasteiger partial charge in [0.05, 0.1) is 0 Å². The van der Waals surface area contributed by atoms with E-state index in [1.54, 1.807) is 12.1 Å². The fourth-order valence-corrected chi connectivity index (χ4v) is 2.84. The molecule has 1 aliphatic carbocycles. The summed E-state index contributed by atoms with van der Waals surface area (Å²) in [4.78, 5) is 8.85. The second-order valence-corrected chi connectivity index (χ2v) is 5.80. The van der Waals surface area contributed by atoms with E-state index >= 15 is 0 Å². The maximum Gasteiger partial charge on any atom is 0.136 e. The van der Waals surface area contributed by atoms with Gasteiger partial charge in [-0.3, -0.25) is 0 Å². The van der Waals surface area contributed by atoms with E-state index in [0.717, 1.165) is 17.3 Å². The van der Waals surface area contributed by atoms with Gasteiger partial charge in [-0.25, -0.2) is 14.4 Å². The summed E-state index contributed by atoms with van der Waals surface area (Å²) in [6.45, 7) is 1.88. The van der Waals surface area contributed by atoms with Gasteiger partial charge < -0.3 is 10.6 Å². The highest BCUT2D eigenvalue weighted by atomic mass is 19.1. The minimum absolute atomic E-state index is 0.246. The molecule has 3 rings (SSSR count). The van der Waals surface area contributed by atoms with Crippen LogP contribution in [0.4, 0.5) is 21.7 Å². The number of halogens is 1. The Labute approximate surface area is 130 Å². The van der Waals surface area contributed by atoms with Crippen LogP contribution in [0.15, 0.2) is 30.3 Å². The van der Waals surface area contributed by atoms with Crippen molar-refractivity contribution in [2.45, 2.75) is 45.1 Å². The molecule has 1 saturated carbocycles. The fraction of sp³-hybridized carbons (Fsp3) is 0.412. The molecule has 2 aromatic rings. The maximum absolute atomic E-state index is 13.0. The van der Waals surface area contributed by atoms with Crippen molar-refractivity contribution >= 4 is 17.3 Å². The van der Waals surface area contributed by atoms with Crippen LogP contribution < -0.4 is 10.6 Å². The highest BCUT2D eigenvalue weighted by molar-refractivity contribution is 5.59. The van der Waals surface area contributed by atoms with E-state index < -0.39 is 0 Å². The molecule has 116 valence electrons. The van der Waals surface area contributed by atoms with Gasteiger partial charge in [-0.15, -0.1) is 0 Å². The SMILES string of the molecule is Cc1nc(Nc2ccc(F)cc2)cc(NC2CCCCC2)n1. The Morgan fingerprint density at radius 2 is 1.68 bits per heavy atom. The van der Waals surface area contributed by atoms with Crippen LogP contribution in [0.25, 0.3) is 0 Å². The molecule has 0 radical (unpaired) electrons. The van der Waals surface area contributed by atoms with Crippen LogP contribution in [0.3, 0.4) is 0 Å². The van der Waals surface area contributed by atoms with E-state index in [0.29, 0.717) is 11.9 Å². The largest absolute Gasteiger partial charge is 0.367 e. The fourth-order valence-electron chi connectivity index (χ4n) is 2.84. The topological polar surface area (TPSA) is 49.8 Å². The molecular weight excluding hydrogens is 279 g/mol. The third-order valence-corrected chi connectivity index (χ3v) is 3.91. The molecule has 1 aliphatic rings. The van der Waals surface area contributed by atoms with E-state index in [4.69, 9.17) is 0 Å². The van der Waals surface area contributed by atoms with E-state index in [-0.39, 0.29) is 5.82 Å². The van der Waals surface area contributed by atoms with Crippen LogP contribution in [0.5, 0.6) is 0 Å². The lowest BCUT2D eigenvalue weighted by atomic mass is 9.95. The van der Waals surface area contributed by atoms with Crippen molar-refractivity contribution in [1.29, 1.82) is 0 Å². The number of hydrogen-bond donors (Lipinski definition) is 2. The number of anilines is 3. The number of nitrogens with one attached hydrogen (secondary N) is 2. The molecule has 1 aromatic heterocycles. The Morgan fingerprint density at radius 1 is 1.00 bits per heavy atom. The molecule has 22 heavy (non-hydrogen) atoms. The number of aryl methyl sites for hydroxylation is 1. The van der Waals surface area contributed by atoms with Gasteiger partial charge in [0, 0.05) is 17.8 Å². The first kappa shape index (κ1) is 14.8. The normalized spacial score (nSPS) is 15.5. The average Bonchev–Trinajstić information content (AvgIpc) is 2.50. The molecule has 0 aliphatic heterocycles. The van der Waals surface area contributed by atoms with Crippen LogP contribution in [0.2, 0.25) is 0 Å². The molecule has 2 N–H and O–H groups in total. The first-order chi connectivity index (χ1) is 10.7. The summed E-state index contributed by atoms with van der Waals surface area (Å²) >= 11 is 0.